The molecule has 2 nitrogen and oxygen atoms in total. The van der Waals surface area contributed by atoms with Gasteiger partial charge in [-0.15, -0.1) is 0 Å². The second-order valence-corrected chi connectivity index (χ2v) is 2.25. The van der Waals surface area contributed by atoms with Gasteiger partial charge in [-0.1, -0.05) is 5.57 Å². The summed E-state index contributed by atoms with van der Waals surface area (Å²) in [5, 5.41) is 0. The highest BCUT2D eigenvalue weighted by molar-refractivity contribution is 5.98. The van der Waals surface area contributed by atoms with Gasteiger partial charge in [0.15, 0.2) is 0 Å². The Kier molecular flexibility index (Phi) is 0.498. The minimum atomic E-state index is -0.0903. The second-order valence-electron chi connectivity index (χ2n) is 2.25. The number of rotatable bonds is 0. The van der Waals surface area contributed by atoms with Crippen molar-refractivity contribution in [2.24, 2.45) is 5.92 Å². The van der Waals surface area contributed by atoms with E-state index in [0.717, 1.165) is 5.57 Å². The number of cyclic esters (lactones) is 1. The zero-order valence-electron chi connectivity index (χ0n) is 4.60. The van der Waals surface area contributed by atoms with Gasteiger partial charge in [0.05, 0.1) is 0 Å². The van der Waals surface area contributed by atoms with Crippen LogP contribution < -0.4 is 0 Å². The monoisotopic (exact) mass is 110 g/mol. The molecule has 2 heteroatoms. The highest BCUT2D eigenvalue weighted by Gasteiger charge is 2.45. The van der Waals surface area contributed by atoms with Crippen LogP contribution in [0.3, 0.4) is 0 Å². The van der Waals surface area contributed by atoms with Gasteiger partial charge in [0.1, 0.15) is 6.61 Å². The van der Waals surface area contributed by atoms with E-state index in [2.05, 4.69) is 4.74 Å². The van der Waals surface area contributed by atoms with Gasteiger partial charge in [0.2, 0.25) is 0 Å². The highest BCUT2D eigenvalue weighted by Crippen LogP contribution is 2.44. The molecule has 0 N–H and O–H groups in total. The largest absolute Gasteiger partial charge is 0.461 e. The van der Waals surface area contributed by atoms with Crippen molar-refractivity contribution < 1.29 is 9.53 Å². The van der Waals surface area contributed by atoms with Crippen LogP contribution in [0.2, 0.25) is 0 Å². The van der Waals surface area contributed by atoms with E-state index in [0.29, 0.717) is 12.5 Å². The number of hydrogen-bond donors (Lipinski definition) is 0. The van der Waals surface area contributed by atoms with Crippen molar-refractivity contribution in [3.63, 3.8) is 0 Å². The average molecular weight is 110 g/mol. The lowest BCUT2D eigenvalue weighted by atomic mass is 10.3. The first-order chi connectivity index (χ1) is 3.80. The first-order valence-electron chi connectivity index (χ1n) is 2.68. The summed E-state index contributed by atoms with van der Waals surface area (Å²) in [5.74, 6) is 0.329. The number of ether oxygens (including phenoxy) is 1. The summed E-state index contributed by atoms with van der Waals surface area (Å²) in [4.78, 5) is 10.5. The van der Waals surface area contributed by atoms with Crippen molar-refractivity contribution in [1.82, 2.24) is 0 Å². The first kappa shape index (κ1) is 4.13. The molecule has 1 aliphatic carbocycles. The van der Waals surface area contributed by atoms with E-state index >= 15 is 0 Å². The van der Waals surface area contributed by atoms with Crippen molar-refractivity contribution in [3.05, 3.63) is 11.1 Å². The lowest BCUT2D eigenvalue weighted by Crippen LogP contribution is -1.94. The molecule has 1 unspecified atom stereocenters. The molecule has 1 aliphatic heterocycles. The number of carbonyl (C=O) groups is 1. The van der Waals surface area contributed by atoms with Gasteiger partial charge >= 0.3 is 5.97 Å². The molecule has 0 saturated carbocycles. The van der Waals surface area contributed by atoms with E-state index in [1.807, 2.05) is 6.92 Å². The van der Waals surface area contributed by atoms with Crippen LogP contribution in [0.15, 0.2) is 11.1 Å². The molecule has 1 fully saturated rings. The zero-order chi connectivity index (χ0) is 5.72. The summed E-state index contributed by atoms with van der Waals surface area (Å²) < 4.78 is 4.69. The molecule has 0 spiro atoms. The molecule has 1 heterocycles. The molecule has 8 heavy (non-hydrogen) atoms. The van der Waals surface area contributed by atoms with Crippen LogP contribution in [-0.2, 0) is 9.53 Å². The third-order valence-corrected chi connectivity index (χ3v) is 1.81. The van der Waals surface area contributed by atoms with Crippen LogP contribution >= 0.6 is 0 Å². The number of carbonyl (C=O) groups excluding carboxylic acids is 1. The second kappa shape index (κ2) is 0.966. The quantitative estimate of drug-likeness (QED) is 0.424. The topological polar surface area (TPSA) is 26.3 Å². The standard InChI is InChI=1S/C6H6O2/c1-3-4-2-8-6(7)5(3)4/h4H,2H2,1H3. The molecule has 42 valence electrons. The number of esters is 1. The Morgan fingerprint density at radius 3 is 2.75 bits per heavy atom. The molecule has 0 bridgehead atoms. The molecule has 0 aromatic heterocycles. The van der Waals surface area contributed by atoms with Crippen LogP contribution in [0.1, 0.15) is 6.92 Å². The summed E-state index contributed by atoms with van der Waals surface area (Å²) in [6.45, 7) is 2.60. The summed E-state index contributed by atoms with van der Waals surface area (Å²) in [6, 6.07) is 0. The normalized spacial score (nSPS) is 32.6. The Hall–Kier alpha value is -0.790. The van der Waals surface area contributed by atoms with Gasteiger partial charge in [-0.3, -0.25) is 0 Å². The van der Waals surface area contributed by atoms with E-state index < -0.39 is 0 Å². The minimum Gasteiger partial charge on any atom is -0.461 e. The third kappa shape index (κ3) is 0.278. The Bertz CT molecular complexity index is 188. The first-order valence-corrected chi connectivity index (χ1v) is 2.68. The number of fused-ring (bicyclic) bond motifs is 1. The minimum absolute atomic E-state index is 0.0903. The van der Waals surface area contributed by atoms with Crippen LogP contribution in [0.5, 0.6) is 0 Å². The van der Waals surface area contributed by atoms with E-state index in [1.165, 1.54) is 5.57 Å². The fourth-order valence-corrected chi connectivity index (χ4v) is 1.14. The van der Waals surface area contributed by atoms with Gasteiger partial charge in [-0.25, -0.2) is 4.79 Å². The molecule has 1 atom stereocenters. The van der Waals surface area contributed by atoms with Gasteiger partial charge in [-0.05, 0) is 6.92 Å². The fraction of sp³-hybridized carbons (Fsp3) is 0.500. The molecule has 0 amide bonds. The third-order valence-electron chi connectivity index (χ3n) is 1.81. The van der Waals surface area contributed by atoms with Gasteiger partial charge < -0.3 is 4.74 Å². The summed E-state index contributed by atoms with van der Waals surface area (Å²) in [6.07, 6.45) is 0. The van der Waals surface area contributed by atoms with Gasteiger partial charge in [-0.2, -0.15) is 0 Å². The molecule has 2 rings (SSSR count). The van der Waals surface area contributed by atoms with Gasteiger partial charge in [0, 0.05) is 11.5 Å². The van der Waals surface area contributed by atoms with E-state index in [-0.39, 0.29) is 5.97 Å². The molecule has 2 aliphatic rings. The van der Waals surface area contributed by atoms with Gasteiger partial charge in [0.25, 0.3) is 0 Å². The predicted octanol–water partition coefficient (Wildman–Crippen LogP) is 0.490. The van der Waals surface area contributed by atoms with Crippen molar-refractivity contribution in [3.8, 4) is 0 Å². The molecular weight excluding hydrogens is 104 g/mol. The van der Waals surface area contributed by atoms with Crippen LogP contribution in [0, 0.1) is 5.92 Å². The zero-order valence-corrected chi connectivity index (χ0v) is 4.60. The SMILES string of the molecule is CC1=C2C(=O)OCC12. The lowest BCUT2D eigenvalue weighted by molar-refractivity contribution is -0.135. The fourth-order valence-electron chi connectivity index (χ4n) is 1.14. The highest BCUT2D eigenvalue weighted by atomic mass is 16.5. The Labute approximate surface area is 47.1 Å². The van der Waals surface area contributed by atoms with Crippen LogP contribution in [0.4, 0.5) is 0 Å². The maximum absolute atomic E-state index is 10.5. The van der Waals surface area contributed by atoms with Crippen molar-refractivity contribution in [2.75, 3.05) is 6.61 Å². The maximum Gasteiger partial charge on any atom is 0.334 e. The average Bonchev–Trinajstić information content (AvgIpc) is 2.13. The Morgan fingerprint density at radius 2 is 2.50 bits per heavy atom. The Balaban J connectivity index is 2.36. The van der Waals surface area contributed by atoms with E-state index in [9.17, 15) is 4.79 Å². The maximum atomic E-state index is 10.5. The molecule has 1 saturated heterocycles. The van der Waals surface area contributed by atoms with Crippen molar-refractivity contribution in [1.29, 1.82) is 0 Å². The van der Waals surface area contributed by atoms with Crippen molar-refractivity contribution in [2.45, 2.75) is 6.92 Å². The van der Waals surface area contributed by atoms with E-state index in [4.69, 9.17) is 0 Å². The predicted molar refractivity (Wildman–Crippen MR) is 27.1 cm³/mol. The van der Waals surface area contributed by atoms with Crippen molar-refractivity contribution >= 4 is 5.97 Å². The summed E-state index contributed by atoms with van der Waals surface area (Å²) in [7, 11) is 0. The number of hydrogen-bond acceptors (Lipinski definition) is 2. The lowest BCUT2D eigenvalue weighted by Gasteiger charge is -1.89. The molecule has 0 radical (unpaired) electrons. The molecule has 0 aromatic rings. The van der Waals surface area contributed by atoms with Crippen LogP contribution in [0.25, 0.3) is 0 Å². The molecule has 0 aromatic carbocycles. The molecular formula is C6H6O2. The summed E-state index contributed by atoms with van der Waals surface area (Å²) >= 11 is 0. The Morgan fingerprint density at radius 1 is 1.75 bits per heavy atom. The van der Waals surface area contributed by atoms with E-state index in [1.54, 1.807) is 0 Å². The smallest absolute Gasteiger partial charge is 0.334 e. The summed E-state index contributed by atoms with van der Waals surface area (Å²) in [5.41, 5.74) is 2.17. The van der Waals surface area contributed by atoms with Crippen LogP contribution in [-0.4, -0.2) is 12.6 Å².